The molecular formula is C20H25NO8. The summed E-state index contributed by atoms with van der Waals surface area (Å²) in [6, 6.07) is 4.63. The Morgan fingerprint density at radius 1 is 1.28 bits per heavy atom. The lowest BCUT2D eigenvalue weighted by atomic mass is 9.95. The number of carbonyl (C=O) groups is 2. The quantitative estimate of drug-likeness (QED) is 0.272. The monoisotopic (exact) mass is 407 g/mol. The summed E-state index contributed by atoms with van der Waals surface area (Å²) in [5, 5.41) is 21.3. The van der Waals surface area contributed by atoms with Gasteiger partial charge in [-0.1, -0.05) is 12.8 Å². The molecule has 2 unspecified atom stereocenters. The molecule has 9 heteroatoms. The van der Waals surface area contributed by atoms with Crippen LogP contribution in [-0.4, -0.2) is 47.9 Å². The standard InChI is InChI=1S/C20H25NO8/c1-3-28-20(24)16(12-17(22)23)19(29-15-6-4-5-7-15)18(21(25)26)13-8-10-14(27-2)11-9-13/h8-12,15,18-19H,3-7H2,1-2H3,(H,22,23)/b16-12-. The molecule has 1 fully saturated rings. The summed E-state index contributed by atoms with van der Waals surface area (Å²) in [4.78, 5) is 35.3. The molecular weight excluding hydrogens is 382 g/mol. The van der Waals surface area contributed by atoms with Crippen LogP contribution in [0.25, 0.3) is 0 Å². The molecule has 0 amide bonds. The number of carboxylic acids is 1. The van der Waals surface area contributed by atoms with Crippen molar-refractivity contribution < 1.29 is 33.8 Å². The Hall–Kier alpha value is -2.94. The molecule has 0 aliphatic heterocycles. The number of hydrogen-bond donors (Lipinski definition) is 1. The number of nitrogens with zero attached hydrogens (tertiary/aromatic N) is 1. The summed E-state index contributed by atoms with van der Waals surface area (Å²) in [5.74, 6) is -1.85. The number of rotatable bonds is 10. The van der Waals surface area contributed by atoms with Gasteiger partial charge in [0.05, 0.1) is 25.4 Å². The van der Waals surface area contributed by atoms with Crippen LogP contribution in [0.15, 0.2) is 35.9 Å². The van der Waals surface area contributed by atoms with Crippen molar-refractivity contribution in [3.63, 3.8) is 0 Å². The normalized spacial score (nSPS) is 16.8. The van der Waals surface area contributed by atoms with Crippen LogP contribution in [-0.2, 0) is 19.1 Å². The SMILES string of the molecule is CCOC(=O)/C(=C\C(=O)O)C(OC1CCCC1)C(c1ccc(OC)cc1)[N+](=O)[O-]. The largest absolute Gasteiger partial charge is 0.497 e. The van der Waals surface area contributed by atoms with E-state index in [1.165, 1.54) is 19.2 Å². The molecule has 9 nitrogen and oxygen atoms in total. The zero-order chi connectivity index (χ0) is 21.4. The third kappa shape index (κ3) is 6.02. The van der Waals surface area contributed by atoms with Gasteiger partial charge >= 0.3 is 11.9 Å². The van der Waals surface area contributed by atoms with Crippen LogP contribution in [0, 0.1) is 10.1 Å². The molecule has 0 aromatic heterocycles. The van der Waals surface area contributed by atoms with Crippen LogP contribution < -0.4 is 4.74 Å². The van der Waals surface area contributed by atoms with Gasteiger partial charge in [0.25, 0.3) is 6.04 Å². The number of esters is 1. The molecule has 1 aromatic carbocycles. The third-order valence-electron chi connectivity index (χ3n) is 4.71. The predicted octanol–water partition coefficient (Wildman–Crippen LogP) is 2.91. The molecule has 2 atom stereocenters. The Balaban J connectivity index is 2.52. The number of ether oxygens (including phenoxy) is 3. The number of carbonyl (C=O) groups excluding carboxylic acids is 1. The van der Waals surface area contributed by atoms with E-state index in [4.69, 9.17) is 14.2 Å². The van der Waals surface area contributed by atoms with Crippen molar-refractivity contribution in [1.29, 1.82) is 0 Å². The molecule has 0 spiro atoms. The number of nitro groups is 1. The van der Waals surface area contributed by atoms with E-state index >= 15 is 0 Å². The second kappa shape index (κ2) is 10.6. The van der Waals surface area contributed by atoms with E-state index in [9.17, 15) is 24.8 Å². The average molecular weight is 407 g/mol. The molecule has 1 N–H and O–H groups in total. The summed E-state index contributed by atoms with van der Waals surface area (Å²) in [6.45, 7) is 1.56. The van der Waals surface area contributed by atoms with Gasteiger partial charge < -0.3 is 19.3 Å². The van der Waals surface area contributed by atoms with Gasteiger partial charge in [-0.15, -0.1) is 0 Å². The van der Waals surface area contributed by atoms with Gasteiger partial charge in [-0.05, 0) is 44.0 Å². The van der Waals surface area contributed by atoms with Gasteiger partial charge in [-0.25, -0.2) is 9.59 Å². The van der Waals surface area contributed by atoms with E-state index in [0.717, 1.165) is 12.8 Å². The maximum atomic E-state index is 12.5. The molecule has 0 saturated heterocycles. The minimum absolute atomic E-state index is 0.00237. The summed E-state index contributed by atoms with van der Waals surface area (Å²) >= 11 is 0. The Kier molecular flexibility index (Phi) is 8.14. The van der Waals surface area contributed by atoms with Crippen molar-refractivity contribution in [3.05, 3.63) is 51.6 Å². The molecule has 0 radical (unpaired) electrons. The highest BCUT2D eigenvalue weighted by Crippen LogP contribution is 2.33. The lowest BCUT2D eigenvalue weighted by Gasteiger charge is -2.26. The van der Waals surface area contributed by atoms with Gasteiger partial charge in [-0.3, -0.25) is 10.1 Å². The predicted molar refractivity (Wildman–Crippen MR) is 102 cm³/mol. The van der Waals surface area contributed by atoms with Crippen LogP contribution >= 0.6 is 0 Å². The summed E-state index contributed by atoms with van der Waals surface area (Å²) in [7, 11) is 1.47. The summed E-state index contributed by atoms with van der Waals surface area (Å²) in [6.07, 6.45) is 2.11. The fourth-order valence-corrected chi connectivity index (χ4v) is 3.36. The molecule has 0 heterocycles. The zero-order valence-electron chi connectivity index (χ0n) is 16.4. The maximum absolute atomic E-state index is 12.5. The van der Waals surface area contributed by atoms with Crippen LogP contribution in [0.5, 0.6) is 5.75 Å². The van der Waals surface area contributed by atoms with E-state index in [-0.39, 0.29) is 23.8 Å². The van der Waals surface area contributed by atoms with Crippen molar-refractivity contribution in [2.45, 2.75) is 50.9 Å². The number of carboxylic acid groups (broad SMARTS) is 1. The first kappa shape index (κ1) is 22.4. The first-order chi connectivity index (χ1) is 13.9. The van der Waals surface area contributed by atoms with Crippen molar-refractivity contribution in [3.8, 4) is 5.75 Å². The van der Waals surface area contributed by atoms with Gasteiger partial charge in [0, 0.05) is 16.6 Å². The fraction of sp³-hybridized carbons (Fsp3) is 0.500. The second-order valence-electron chi connectivity index (χ2n) is 6.62. The highest BCUT2D eigenvalue weighted by molar-refractivity contribution is 5.96. The zero-order valence-corrected chi connectivity index (χ0v) is 16.4. The van der Waals surface area contributed by atoms with Crippen molar-refractivity contribution in [2.24, 2.45) is 0 Å². The van der Waals surface area contributed by atoms with Gasteiger partial charge in [0.1, 0.15) is 5.75 Å². The Bertz CT molecular complexity index is 752. The maximum Gasteiger partial charge on any atom is 0.337 e. The first-order valence-corrected chi connectivity index (χ1v) is 9.41. The van der Waals surface area contributed by atoms with E-state index in [0.29, 0.717) is 24.7 Å². The van der Waals surface area contributed by atoms with Gasteiger partial charge in [-0.2, -0.15) is 0 Å². The third-order valence-corrected chi connectivity index (χ3v) is 4.71. The van der Waals surface area contributed by atoms with Crippen molar-refractivity contribution in [2.75, 3.05) is 13.7 Å². The Morgan fingerprint density at radius 2 is 1.90 bits per heavy atom. The van der Waals surface area contributed by atoms with E-state index in [2.05, 4.69) is 0 Å². The summed E-state index contributed by atoms with van der Waals surface area (Å²) < 4.78 is 16.0. The van der Waals surface area contributed by atoms with E-state index in [1.54, 1.807) is 19.1 Å². The highest BCUT2D eigenvalue weighted by Gasteiger charge is 2.42. The molecule has 1 aliphatic rings. The smallest absolute Gasteiger partial charge is 0.337 e. The van der Waals surface area contributed by atoms with Crippen LogP contribution in [0.3, 0.4) is 0 Å². The van der Waals surface area contributed by atoms with Crippen molar-refractivity contribution >= 4 is 11.9 Å². The Labute approximate surface area is 168 Å². The molecule has 1 aliphatic carbocycles. The number of aliphatic carboxylic acids is 1. The molecule has 2 rings (SSSR count). The van der Waals surface area contributed by atoms with Crippen LogP contribution in [0.1, 0.15) is 44.2 Å². The molecule has 1 aromatic rings. The fourth-order valence-electron chi connectivity index (χ4n) is 3.36. The number of hydrogen-bond acceptors (Lipinski definition) is 7. The average Bonchev–Trinajstić information content (AvgIpc) is 3.19. The number of benzene rings is 1. The number of methoxy groups -OCH3 is 1. The van der Waals surface area contributed by atoms with Crippen LogP contribution in [0.4, 0.5) is 0 Å². The van der Waals surface area contributed by atoms with E-state index in [1.807, 2.05) is 0 Å². The second-order valence-corrected chi connectivity index (χ2v) is 6.62. The van der Waals surface area contributed by atoms with Crippen molar-refractivity contribution in [1.82, 2.24) is 0 Å². The van der Waals surface area contributed by atoms with E-state index < -0.39 is 29.0 Å². The molecule has 29 heavy (non-hydrogen) atoms. The lowest BCUT2D eigenvalue weighted by molar-refractivity contribution is -0.540. The summed E-state index contributed by atoms with van der Waals surface area (Å²) in [5.41, 5.74) is -0.122. The van der Waals surface area contributed by atoms with Gasteiger partial charge in [0.15, 0.2) is 6.10 Å². The molecule has 1 saturated carbocycles. The molecule has 158 valence electrons. The molecule has 0 bridgehead atoms. The highest BCUT2D eigenvalue weighted by atomic mass is 16.6. The lowest BCUT2D eigenvalue weighted by Crippen LogP contribution is -2.36. The van der Waals surface area contributed by atoms with Crippen LogP contribution in [0.2, 0.25) is 0 Å². The topological polar surface area (TPSA) is 125 Å². The minimum atomic E-state index is -1.49. The first-order valence-electron chi connectivity index (χ1n) is 9.41. The van der Waals surface area contributed by atoms with Gasteiger partial charge in [0.2, 0.25) is 0 Å². The Morgan fingerprint density at radius 3 is 2.38 bits per heavy atom. The minimum Gasteiger partial charge on any atom is -0.497 e.